The number of benzene rings is 1. The molecule has 1 fully saturated rings. The molecule has 2 N–H and O–H groups in total. The van der Waals surface area contributed by atoms with Gasteiger partial charge in [-0.15, -0.1) is 0 Å². The highest BCUT2D eigenvalue weighted by Crippen LogP contribution is 2.33. The topological polar surface area (TPSA) is 74.6 Å². The molecule has 96 valence electrons. The van der Waals surface area contributed by atoms with Crippen LogP contribution in [0, 0.1) is 0 Å². The summed E-state index contributed by atoms with van der Waals surface area (Å²) in [6, 6.07) is 4.70. The van der Waals surface area contributed by atoms with Crippen molar-refractivity contribution in [3.63, 3.8) is 0 Å². The molecular formula is C14H16O4. The van der Waals surface area contributed by atoms with Crippen molar-refractivity contribution >= 4 is 11.9 Å². The van der Waals surface area contributed by atoms with E-state index in [9.17, 15) is 9.59 Å². The Balaban J connectivity index is 2.36. The summed E-state index contributed by atoms with van der Waals surface area (Å²) in [6.45, 7) is 0. The Morgan fingerprint density at radius 2 is 1.56 bits per heavy atom. The van der Waals surface area contributed by atoms with Crippen molar-refractivity contribution in [2.24, 2.45) is 0 Å². The average molecular weight is 248 g/mol. The van der Waals surface area contributed by atoms with E-state index in [0.717, 1.165) is 31.2 Å². The smallest absolute Gasteiger partial charge is 0.336 e. The van der Waals surface area contributed by atoms with Gasteiger partial charge in [-0.05, 0) is 36.5 Å². The number of carboxylic acids is 2. The summed E-state index contributed by atoms with van der Waals surface area (Å²) >= 11 is 0. The molecule has 0 amide bonds. The van der Waals surface area contributed by atoms with Crippen molar-refractivity contribution in [1.82, 2.24) is 0 Å². The second-order valence-electron chi connectivity index (χ2n) is 4.75. The molecule has 0 unspecified atom stereocenters. The van der Waals surface area contributed by atoms with Crippen molar-refractivity contribution in [2.45, 2.75) is 38.0 Å². The minimum Gasteiger partial charge on any atom is -0.478 e. The predicted molar refractivity (Wildman–Crippen MR) is 66.2 cm³/mol. The molecule has 0 aliphatic heterocycles. The maximum atomic E-state index is 11.1. The number of rotatable bonds is 3. The van der Waals surface area contributed by atoms with Crippen LogP contribution in [0.1, 0.15) is 64.3 Å². The van der Waals surface area contributed by atoms with E-state index in [1.54, 1.807) is 6.07 Å². The Morgan fingerprint density at radius 1 is 0.944 bits per heavy atom. The summed E-state index contributed by atoms with van der Waals surface area (Å²) in [6.07, 6.45) is 5.67. The first-order valence-electron chi connectivity index (χ1n) is 6.20. The Bertz CT molecular complexity index is 473. The third kappa shape index (κ3) is 2.53. The maximum Gasteiger partial charge on any atom is 0.336 e. The molecule has 0 radical (unpaired) electrons. The van der Waals surface area contributed by atoms with Crippen LogP contribution >= 0.6 is 0 Å². The summed E-state index contributed by atoms with van der Waals surface area (Å²) in [4.78, 5) is 22.0. The van der Waals surface area contributed by atoms with Crippen LogP contribution in [0.4, 0.5) is 0 Å². The average Bonchev–Trinajstić information content (AvgIpc) is 2.39. The molecular weight excluding hydrogens is 232 g/mol. The molecule has 0 bridgehead atoms. The van der Waals surface area contributed by atoms with Gasteiger partial charge in [-0.3, -0.25) is 0 Å². The predicted octanol–water partition coefficient (Wildman–Crippen LogP) is 3.13. The SMILES string of the molecule is O=C(O)c1ccc(C2CCCCC2)cc1C(=O)O. The fourth-order valence-corrected chi connectivity index (χ4v) is 2.62. The first-order chi connectivity index (χ1) is 8.59. The quantitative estimate of drug-likeness (QED) is 0.861. The number of aromatic carboxylic acids is 2. The van der Waals surface area contributed by atoms with Gasteiger partial charge in [0.2, 0.25) is 0 Å². The second kappa shape index (κ2) is 5.21. The number of carbonyl (C=O) groups is 2. The fraction of sp³-hybridized carbons (Fsp3) is 0.429. The molecule has 0 heterocycles. The van der Waals surface area contributed by atoms with Gasteiger partial charge in [0, 0.05) is 0 Å². The lowest BCUT2D eigenvalue weighted by Crippen LogP contribution is -2.11. The summed E-state index contributed by atoms with van der Waals surface area (Å²) in [5, 5.41) is 18.0. The van der Waals surface area contributed by atoms with Gasteiger partial charge < -0.3 is 10.2 Å². The molecule has 0 saturated heterocycles. The zero-order valence-electron chi connectivity index (χ0n) is 10.1. The largest absolute Gasteiger partial charge is 0.478 e. The zero-order chi connectivity index (χ0) is 13.1. The zero-order valence-corrected chi connectivity index (χ0v) is 10.1. The molecule has 4 heteroatoms. The highest BCUT2D eigenvalue weighted by Gasteiger charge is 2.20. The van der Waals surface area contributed by atoms with Crippen LogP contribution < -0.4 is 0 Å². The lowest BCUT2D eigenvalue weighted by Gasteiger charge is -2.22. The van der Waals surface area contributed by atoms with E-state index in [-0.39, 0.29) is 11.1 Å². The Morgan fingerprint density at radius 3 is 2.11 bits per heavy atom. The lowest BCUT2D eigenvalue weighted by atomic mass is 9.83. The molecule has 0 atom stereocenters. The van der Waals surface area contributed by atoms with E-state index in [4.69, 9.17) is 10.2 Å². The van der Waals surface area contributed by atoms with Crippen molar-refractivity contribution in [2.75, 3.05) is 0 Å². The van der Waals surface area contributed by atoms with Crippen LogP contribution in [0.2, 0.25) is 0 Å². The van der Waals surface area contributed by atoms with Crippen molar-refractivity contribution < 1.29 is 19.8 Å². The van der Waals surface area contributed by atoms with Crippen LogP contribution in [-0.4, -0.2) is 22.2 Å². The van der Waals surface area contributed by atoms with E-state index in [2.05, 4.69) is 0 Å². The van der Waals surface area contributed by atoms with Crippen LogP contribution in [0.3, 0.4) is 0 Å². The van der Waals surface area contributed by atoms with E-state index < -0.39 is 11.9 Å². The molecule has 1 aromatic rings. The van der Waals surface area contributed by atoms with Gasteiger partial charge in [0.1, 0.15) is 0 Å². The van der Waals surface area contributed by atoms with Gasteiger partial charge in [-0.25, -0.2) is 9.59 Å². The lowest BCUT2D eigenvalue weighted by molar-refractivity contribution is 0.0651. The molecule has 1 saturated carbocycles. The molecule has 1 aromatic carbocycles. The molecule has 1 aliphatic rings. The molecule has 18 heavy (non-hydrogen) atoms. The normalized spacial score (nSPS) is 16.4. The van der Waals surface area contributed by atoms with Gasteiger partial charge in [0.25, 0.3) is 0 Å². The first kappa shape index (κ1) is 12.6. The van der Waals surface area contributed by atoms with Crippen molar-refractivity contribution in [1.29, 1.82) is 0 Å². The fourth-order valence-electron chi connectivity index (χ4n) is 2.62. The standard InChI is InChI=1S/C14H16O4/c15-13(16)11-7-6-10(8-12(11)14(17)18)9-4-2-1-3-5-9/h6-9H,1-5H2,(H,15,16)(H,17,18). The van der Waals surface area contributed by atoms with Gasteiger partial charge in [-0.1, -0.05) is 25.3 Å². The Kier molecular flexibility index (Phi) is 3.65. The Labute approximate surface area is 105 Å². The summed E-state index contributed by atoms with van der Waals surface area (Å²) in [7, 11) is 0. The monoisotopic (exact) mass is 248 g/mol. The summed E-state index contributed by atoms with van der Waals surface area (Å²) < 4.78 is 0. The highest BCUT2D eigenvalue weighted by molar-refractivity contribution is 6.01. The number of hydrogen-bond acceptors (Lipinski definition) is 2. The van der Waals surface area contributed by atoms with Crippen LogP contribution in [0.5, 0.6) is 0 Å². The van der Waals surface area contributed by atoms with Gasteiger partial charge in [0.15, 0.2) is 0 Å². The molecule has 4 nitrogen and oxygen atoms in total. The molecule has 2 rings (SSSR count). The minimum atomic E-state index is -1.19. The first-order valence-corrected chi connectivity index (χ1v) is 6.20. The summed E-state index contributed by atoms with van der Waals surface area (Å²) in [5.74, 6) is -1.99. The van der Waals surface area contributed by atoms with E-state index in [1.807, 2.05) is 0 Å². The molecule has 0 spiro atoms. The van der Waals surface area contributed by atoms with Crippen LogP contribution in [-0.2, 0) is 0 Å². The third-order valence-electron chi connectivity index (χ3n) is 3.58. The van der Waals surface area contributed by atoms with Gasteiger partial charge in [0.05, 0.1) is 11.1 Å². The third-order valence-corrected chi connectivity index (χ3v) is 3.58. The highest BCUT2D eigenvalue weighted by atomic mass is 16.4. The summed E-state index contributed by atoms with van der Waals surface area (Å²) in [5.41, 5.74) is 0.713. The molecule has 1 aliphatic carbocycles. The van der Waals surface area contributed by atoms with Crippen molar-refractivity contribution in [3.05, 3.63) is 34.9 Å². The van der Waals surface area contributed by atoms with Gasteiger partial charge >= 0.3 is 11.9 Å². The molecule has 0 aromatic heterocycles. The van der Waals surface area contributed by atoms with Crippen molar-refractivity contribution in [3.8, 4) is 0 Å². The van der Waals surface area contributed by atoms with E-state index in [0.29, 0.717) is 5.92 Å². The Hall–Kier alpha value is -1.84. The van der Waals surface area contributed by atoms with Gasteiger partial charge in [-0.2, -0.15) is 0 Å². The van der Waals surface area contributed by atoms with Crippen LogP contribution in [0.25, 0.3) is 0 Å². The second-order valence-corrected chi connectivity index (χ2v) is 4.75. The number of carboxylic acid groups (broad SMARTS) is 2. The van der Waals surface area contributed by atoms with E-state index >= 15 is 0 Å². The van der Waals surface area contributed by atoms with Crippen LogP contribution in [0.15, 0.2) is 18.2 Å². The number of hydrogen-bond donors (Lipinski definition) is 2. The maximum absolute atomic E-state index is 11.1. The minimum absolute atomic E-state index is 0.106. The van der Waals surface area contributed by atoms with E-state index in [1.165, 1.54) is 18.6 Å².